The zero-order valence-electron chi connectivity index (χ0n) is 11.5. The summed E-state index contributed by atoms with van der Waals surface area (Å²) < 4.78 is 11.2. The maximum absolute atomic E-state index is 5.63. The molecular formula is C16H22O2. The largest absolute Gasteiger partial charge is 0.490 e. The first-order chi connectivity index (χ1) is 8.58. The Kier molecular flexibility index (Phi) is 4.07. The second-order valence-electron chi connectivity index (χ2n) is 5.42. The van der Waals surface area contributed by atoms with Crippen LogP contribution in [0.1, 0.15) is 33.6 Å². The molecule has 18 heavy (non-hydrogen) atoms. The van der Waals surface area contributed by atoms with E-state index in [1.54, 1.807) is 0 Å². The van der Waals surface area contributed by atoms with Crippen molar-refractivity contribution in [3.8, 4) is 5.75 Å². The van der Waals surface area contributed by atoms with Gasteiger partial charge in [-0.05, 0) is 51.8 Å². The minimum absolute atomic E-state index is 0.112. The van der Waals surface area contributed by atoms with Crippen LogP contribution in [0.4, 0.5) is 0 Å². The Bertz CT molecular complexity index is 406. The van der Waals surface area contributed by atoms with Crippen molar-refractivity contribution in [2.75, 3.05) is 6.61 Å². The highest BCUT2D eigenvalue weighted by atomic mass is 16.6. The first-order valence-electron chi connectivity index (χ1n) is 6.59. The Labute approximate surface area is 110 Å². The smallest absolute Gasteiger partial charge is 0.119 e. The predicted octanol–water partition coefficient (Wildman–Crippen LogP) is 3.97. The molecule has 2 rings (SSSR count). The van der Waals surface area contributed by atoms with Crippen LogP contribution in [0.25, 0.3) is 0 Å². The van der Waals surface area contributed by atoms with E-state index in [4.69, 9.17) is 9.47 Å². The summed E-state index contributed by atoms with van der Waals surface area (Å²) in [5.41, 5.74) is 1.48. The number of hydrogen-bond donors (Lipinski definition) is 0. The van der Waals surface area contributed by atoms with Crippen molar-refractivity contribution < 1.29 is 9.47 Å². The van der Waals surface area contributed by atoms with Crippen molar-refractivity contribution >= 4 is 0 Å². The van der Waals surface area contributed by atoms with Crippen molar-refractivity contribution in [2.24, 2.45) is 0 Å². The second kappa shape index (κ2) is 5.57. The Morgan fingerprint density at radius 2 is 2.00 bits per heavy atom. The van der Waals surface area contributed by atoms with Crippen LogP contribution in [0, 0.1) is 0 Å². The lowest BCUT2D eigenvalue weighted by Crippen LogP contribution is -2.03. The van der Waals surface area contributed by atoms with Gasteiger partial charge in [-0.25, -0.2) is 0 Å². The number of benzene rings is 1. The minimum Gasteiger partial charge on any atom is -0.490 e. The normalized spacial score (nSPS) is 21.7. The van der Waals surface area contributed by atoms with Gasteiger partial charge in [0.1, 0.15) is 12.4 Å². The SMILES string of the molecule is C/C(=C/COc1ccccc1)CCC1OC1(C)C. The molecule has 1 saturated heterocycles. The van der Waals surface area contributed by atoms with Gasteiger partial charge in [-0.3, -0.25) is 0 Å². The van der Waals surface area contributed by atoms with E-state index in [2.05, 4.69) is 26.8 Å². The van der Waals surface area contributed by atoms with Gasteiger partial charge in [-0.2, -0.15) is 0 Å². The molecule has 1 atom stereocenters. The zero-order valence-corrected chi connectivity index (χ0v) is 11.5. The van der Waals surface area contributed by atoms with Crippen molar-refractivity contribution in [1.82, 2.24) is 0 Å². The van der Waals surface area contributed by atoms with Crippen molar-refractivity contribution in [3.05, 3.63) is 42.0 Å². The van der Waals surface area contributed by atoms with Crippen molar-refractivity contribution in [3.63, 3.8) is 0 Å². The predicted molar refractivity (Wildman–Crippen MR) is 73.9 cm³/mol. The molecule has 0 aromatic heterocycles. The van der Waals surface area contributed by atoms with E-state index in [1.165, 1.54) is 5.57 Å². The van der Waals surface area contributed by atoms with Crippen LogP contribution in [-0.4, -0.2) is 18.3 Å². The third kappa shape index (κ3) is 3.88. The first kappa shape index (κ1) is 13.2. The van der Waals surface area contributed by atoms with E-state index in [1.807, 2.05) is 30.3 Å². The maximum Gasteiger partial charge on any atom is 0.119 e. The summed E-state index contributed by atoms with van der Waals surface area (Å²) in [5.74, 6) is 0.924. The van der Waals surface area contributed by atoms with E-state index in [9.17, 15) is 0 Å². The Morgan fingerprint density at radius 3 is 2.61 bits per heavy atom. The molecular weight excluding hydrogens is 224 g/mol. The highest BCUT2D eigenvalue weighted by molar-refractivity contribution is 5.21. The van der Waals surface area contributed by atoms with E-state index < -0.39 is 0 Å². The molecule has 0 radical (unpaired) electrons. The molecule has 0 bridgehead atoms. The monoisotopic (exact) mass is 246 g/mol. The van der Waals surface area contributed by atoms with E-state index in [-0.39, 0.29) is 5.60 Å². The summed E-state index contributed by atoms with van der Waals surface area (Å²) >= 11 is 0. The summed E-state index contributed by atoms with van der Waals surface area (Å²) in [4.78, 5) is 0. The number of hydrogen-bond acceptors (Lipinski definition) is 2. The summed E-state index contributed by atoms with van der Waals surface area (Å²) in [6, 6.07) is 9.91. The van der Waals surface area contributed by atoms with Crippen LogP contribution < -0.4 is 4.74 Å². The molecule has 0 amide bonds. The average molecular weight is 246 g/mol. The van der Waals surface area contributed by atoms with Gasteiger partial charge in [0.25, 0.3) is 0 Å². The third-order valence-electron chi connectivity index (χ3n) is 3.39. The summed E-state index contributed by atoms with van der Waals surface area (Å²) in [5, 5.41) is 0. The van der Waals surface area contributed by atoms with E-state index >= 15 is 0 Å². The molecule has 1 aliphatic heterocycles. The fourth-order valence-corrected chi connectivity index (χ4v) is 2.00. The van der Waals surface area contributed by atoms with Gasteiger partial charge >= 0.3 is 0 Å². The minimum atomic E-state index is 0.112. The fourth-order valence-electron chi connectivity index (χ4n) is 2.00. The van der Waals surface area contributed by atoms with Crippen molar-refractivity contribution in [1.29, 1.82) is 0 Å². The Balaban J connectivity index is 1.66. The summed E-state index contributed by atoms with van der Waals surface area (Å²) in [7, 11) is 0. The van der Waals surface area contributed by atoms with Crippen LogP contribution in [0.2, 0.25) is 0 Å². The quantitative estimate of drug-likeness (QED) is 0.559. The third-order valence-corrected chi connectivity index (χ3v) is 3.39. The molecule has 1 aromatic carbocycles. The molecule has 0 spiro atoms. The van der Waals surface area contributed by atoms with Gasteiger partial charge in [0.15, 0.2) is 0 Å². The molecule has 0 N–H and O–H groups in total. The molecule has 1 aliphatic rings. The van der Waals surface area contributed by atoms with E-state index in [0.717, 1.165) is 18.6 Å². The molecule has 0 saturated carbocycles. The number of epoxide rings is 1. The lowest BCUT2D eigenvalue weighted by atomic mass is 10.0. The number of allylic oxidation sites excluding steroid dienone is 1. The standard InChI is InChI=1S/C16H22O2/c1-13(9-10-15-16(2,3)18-15)11-12-17-14-7-5-4-6-8-14/h4-8,11,15H,9-10,12H2,1-3H3/b13-11-. The molecule has 0 aliphatic carbocycles. The lowest BCUT2D eigenvalue weighted by Gasteiger charge is -2.04. The fraction of sp³-hybridized carbons (Fsp3) is 0.500. The number of para-hydroxylation sites is 1. The van der Waals surface area contributed by atoms with Gasteiger partial charge in [-0.15, -0.1) is 0 Å². The van der Waals surface area contributed by atoms with Crippen LogP contribution in [0.5, 0.6) is 5.75 Å². The molecule has 98 valence electrons. The van der Waals surface area contributed by atoms with E-state index in [0.29, 0.717) is 12.7 Å². The molecule has 1 heterocycles. The number of rotatable bonds is 6. The molecule has 2 nitrogen and oxygen atoms in total. The van der Waals surface area contributed by atoms with Crippen LogP contribution in [0.15, 0.2) is 42.0 Å². The number of ether oxygens (including phenoxy) is 2. The average Bonchev–Trinajstić information content (AvgIpc) is 2.96. The van der Waals surface area contributed by atoms with Gasteiger partial charge in [-0.1, -0.05) is 23.8 Å². The molecule has 1 aromatic rings. The summed E-state index contributed by atoms with van der Waals surface area (Å²) in [6.07, 6.45) is 4.80. The van der Waals surface area contributed by atoms with Gasteiger partial charge in [0.05, 0.1) is 11.7 Å². The molecule has 1 unspecified atom stereocenters. The van der Waals surface area contributed by atoms with Crippen LogP contribution in [0.3, 0.4) is 0 Å². The van der Waals surface area contributed by atoms with Crippen LogP contribution in [-0.2, 0) is 4.74 Å². The van der Waals surface area contributed by atoms with Crippen LogP contribution >= 0.6 is 0 Å². The topological polar surface area (TPSA) is 21.8 Å². The molecule has 2 heteroatoms. The van der Waals surface area contributed by atoms with Gasteiger partial charge < -0.3 is 9.47 Å². The van der Waals surface area contributed by atoms with Gasteiger partial charge in [0, 0.05) is 0 Å². The highest BCUT2D eigenvalue weighted by Gasteiger charge is 2.46. The van der Waals surface area contributed by atoms with Crippen molar-refractivity contribution in [2.45, 2.75) is 45.3 Å². The second-order valence-corrected chi connectivity index (χ2v) is 5.42. The lowest BCUT2D eigenvalue weighted by molar-refractivity contribution is 0.320. The molecule has 1 fully saturated rings. The summed E-state index contributed by atoms with van der Waals surface area (Å²) in [6.45, 7) is 7.10. The van der Waals surface area contributed by atoms with Gasteiger partial charge in [0.2, 0.25) is 0 Å². The first-order valence-corrected chi connectivity index (χ1v) is 6.59. The zero-order chi connectivity index (χ0) is 13.0. The Hall–Kier alpha value is -1.28. The highest BCUT2D eigenvalue weighted by Crippen LogP contribution is 2.38. The Morgan fingerprint density at radius 1 is 1.33 bits per heavy atom. The maximum atomic E-state index is 5.63.